The van der Waals surface area contributed by atoms with Crippen molar-refractivity contribution in [1.82, 2.24) is 19.6 Å². The van der Waals surface area contributed by atoms with Crippen molar-refractivity contribution in [2.45, 2.75) is 31.3 Å². The van der Waals surface area contributed by atoms with Gasteiger partial charge in [-0.2, -0.15) is 17.8 Å². The SMILES string of the molecule is CCON=C(C(=O)NC1C(=O)N2C(C(=O)O)=C(C[n+]3ccc(CCS(=O)(=O)O)cc3)CS[C@@H]12)c1nsc(N)n1. The van der Waals surface area contributed by atoms with Crippen molar-refractivity contribution in [3.63, 3.8) is 0 Å². The van der Waals surface area contributed by atoms with Crippen LogP contribution in [0.15, 0.2) is 41.0 Å². The molecule has 18 heteroatoms. The van der Waals surface area contributed by atoms with Crippen LogP contribution in [-0.4, -0.2) is 85.4 Å². The number of β-lactam (4-membered cyclic amide) rings is 1. The number of hydrogen-bond acceptors (Lipinski definition) is 12. The Bertz CT molecular complexity index is 1460. The minimum Gasteiger partial charge on any atom is -0.477 e. The van der Waals surface area contributed by atoms with Gasteiger partial charge in [-0.25, -0.2) is 9.36 Å². The van der Waals surface area contributed by atoms with Gasteiger partial charge in [0.1, 0.15) is 23.7 Å². The molecule has 4 rings (SSSR count). The molecule has 2 aliphatic rings. The summed E-state index contributed by atoms with van der Waals surface area (Å²) >= 11 is 2.16. The largest absolute Gasteiger partial charge is 0.477 e. The number of nitrogens with one attached hydrogen (secondary N) is 1. The molecule has 0 spiro atoms. The van der Waals surface area contributed by atoms with Crippen molar-refractivity contribution in [2.75, 3.05) is 23.8 Å². The van der Waals surface area contributed by atoms with E-state index < -0.39 is 45.1 Å². The van der Waals surface area contributed by atoms with E-state index >= 15 is 0 Å². The number of rotatable bonds is 11. The lowest BCUT2D eigenvalue weighted by molar-refractivity contribution is -0.689. The van der Waals surface area contributed by atoms with Gasteiger partial charge in [-0.1, -0.05) is 5.16 Å². The average molecular weight is 599 g/mol. The number of hydrogen-bond donors (Lipinski definition) is 4. The molecule has 0 saturated carbocycles. The van der Waals surface area contributed by atoms with Gasteiger partial charge in [0.2, 0.25) is 11.5 Å². The zero-order chi connectivity index (χ0) is 28.3. The van der Waals surface area contributed by atoms with E-state index in [4.69, 9.17) is 15.1 Å². The fraction of sp³-hybridized carbons (Fsp3) is 0.381. The lowest BCUT2D eigenvalue weighted by Crippen LogP contribution is -2.71. The van der Waals surface area contributed by atoms with Crippen LogP contribution in [-0.2, 0) is 42.3 Å². The monoisotopic (exact) mass is 598 g/mol. The number of nitrogen functional groups attached to an aromatic ring is 1. The van der Waals surface area contributed by atoms with Gasteiger partial charge in [0.15, 0.2) is 24.1 Å². The van der Waals surface area contributed by atoms with E-state index in [0.29, 0.717) is 11.1 Å². The van der Waals surface area contributed by atoms with E-state index in [-0.39, 0.29) is 47.7 Å². The van der Waals surface area contributed by atoms with Crippen molar-refractivity contribution >= 4 is 62.0 Å². The lowest BCUT2D eigenvalue weighted by Gasteiger charge is -2.49. The molecule has 2 aliphatic heterocycles. The molecule has 0 bridgehead atoms. The van der Waals surface area contributed by atoms with E-state index in [9.17, 15) is 27.9 Å². The second-order valence-electron chi connectivity index (χ2n) is 8.35. The fourth-order valence-corrected chi connectivity index (χ4v) is 6.15. The summed E-state index contributed by atoms with van der Waals surface area (Å²) in [7, 11) is -4.09. The number of amides is 2. The average Bonchev–Trinajstić information content (AvgIpc) is 3.31. The highest BCUT2D eigenvalue weighted by Crippen LogP contribution is 2.40. The minimum atomic E-state index is -4.09. The number of aromatic nitrogens is 3. The number of anilines is 1. The van der Waals surface area contributed by atoms with Gasteiger partial charge in [-0.05, 0) is 18.9 Å². The number of thioether (sulfide) groups is 1. The standard InChI is InChI=1S/C21H23N7O8S3/c1-2-36-25-13(16-24-21(22)38-26-16)17(29)23-14-18(30)28-15(20(31)32)12(10-37-19(14)28)9-27-6-3-11(4-7-27)5-8-39(33,34)35/h3-4,6-7,14,19H,2,5,8-10H2,1H3,(H4-,22,23,24,26,29,31,32,33,34,35)/p+1/t14?,19-/m0/s1. The number of fused-ring (bicyclic) bond motifs is 1. The van der Waals surface area contributed by atoms with Crippen molar-refractivity contribution in [3.8, 4) is 0 Å². The van der Waals surface area contributed by atoms with Crippen molar-refractivity contribution in [3.05, 3.63) is 47.2 Å². The molecule has 39 heavy (non-hydrogen) atoms. The van der Waals surface area contributed by atoms with Crippen LogP contribution in [0, 0.1) is 0 Å². The predicted molar refractivity (Wildman–Crippen MR) is 139 cm³/mol. The first kappa shape index (κ1) is 28.4. The third-order valence-electron chi connectivity index (χ3n) is 5.67. The number of oxime groups is 1. The molecule has 0 aliphatic carbocycles. The number of carbonyl (C=O) groups is 3. The molecule has 0 aromatic carbocycles. The summed E-state index contributed by atoms with van der Waals surface area (Å²) in [5.74, 6) is -2.83. The second-order valence-corrected chi connectivity index (χ2v) is 11.8. The van der Waals surface area contributed by atoms with E-state index in [0.717, 1.165) is 16.4 Å². The normalized spacial score (nSPS) is 19.4. The van der Waals surface area contributed by atoms with Gasteiger partial charge in [-0.15, -0.1) is 11.8 Å². The van der Waals surface area contributed by atoms with E-state index in [1.165, 1.54) is 11.8 Å². The maximum atomic E-state index is 13.0. The topological polar surface area (TPSA) is 218 Å². The number of carboxylic acids is 1. The van der Waals surface area contributed by atoms with Gasteiger partial charge in [0, 0.05) is 35.0 Å². The smallest absolute Gasteiger partial charge is 0.352 e. The number of aryl methyl sites for hydroxylation is 1. The van der Waals surface area contributed by atoms with Crippen LogP contribution in [0.25, 0.3) is 0 Å². The Morgan fingerprint density at radius 1 is 1.36 bits per heavy atom. The predicted octanol–water partition coefficient (Wildman–Crippen LogP) is -0.982. The Morgan fingerprint density at radius 2 is 2.08 bits per heavy atom. The summed E-state index contributed by atoms with van der Waals surface area (Å²) in [5.41, 5.74) is 6.34. The molecule has 2 aromatic rings. The van der Waals surface area contributed by atoms with E-state index in [1.54, 1.807) is 36.0 Å². The molecule has 2 atom stereocenters. The molecular weight excluding hydrogens is 574 g/mol. The first-order valence-corrected chi connectivity index (χ1v) is 14.8. The number of nitrogens with two attached hydrogens (primary N) is 1. The van der Waals surface area contributed by atoms with Gasteiger partial charge in [0.25, 0.3) is 21.9 Å². The Labute approximate surface area is 230 Å². The second kappa shape index (κ2) is 11.6. The third kappa shape index (κ3) is 6.52. The van der Waals surface area contributed by atoms with Gasteiger partial charge in [0.05, 0.1) is 5.75 Å². The van der Waals surface area contributed by atoms with E-state index in [2.05, 4.69) is 19.8 Å². The molecule has 1 unspecified atom stereocenters. The minimum absolute atomic E-state index is 0.0576. The number of carboxylic acid groups (broad SMARTS) is 1. The summed E-state index contributed by atoms with van der Waals surface area (Å²) in [6.07, 6.45) is 3.43. The van der Waals surface area contributed by atoms with Gasteiger partial charge < -0.3 is 21.0 Å². The number of aliphatic carboxylic acids is 1. The van der Waals surface area contributed by atoms with Gasteiger partial charge in [-0.3, -0.25) is 19.0 Å². The highest BCUT2D eigenvalue weighted by atomic mass is 32.2. The van der Waals surface area contributed by atoms with Gasteiger partial charge >= 0.3 is 5.97 Å². The van der Waals surface area contributed by atoms with Crippen molar-refractivity contribution in [2.24, 2.45) is 5.16 Å². The summed E-state index contributed by atoms with van der Waals surface area (Å²) in [4.78, 5) is 48.2. The molecule has 15 nitrogen and oxygen atoms in total. The summed E-state index contributed by atoms with van der Waals surface area (Å²) in [5, 5.41) is 15.7. The molecule has 1 saturated heterocycles. The van der Waals surface area contributed by atoms with E-state index in [1.807, 2.05) is 0 Å². The lowest BCUT2D eigenvalue weighted by atomic mass is 10.0. The Morgan fingerprint density at radius 3 is 2.67 bits per heavy atom. The van der Waals surface area contributed by atoms with Crippen molar-refractivity contribution < 1.29 is 41.9 Å². The number of pyridine rings is 1. The van der Waals surface area contributed by atoms with Crippen LogP contribution in [0.4, 0.5) is 5.13 Å². The van der Waals surface area contributed by atoms with Crippen molar-refractivity contribution in [1.29, 1.82) is 0 Å². The Balaban J connectivity index is 1.48. The Hall–Kier alpha value is -3.61. The fourth-order valence-electron chi connectivity index (χ4n) is 3.89. The van der Waals surface area contributed by atoms with Crippen LogP contribution in [0.2, 0.25) is 0 Å². The van der Waals surface area contributed by atoms with Crippen LogP contribution in [0.1, 0.15) is 18.3 Å². The van der Waals surface area contributed by atoms with Crippen LogP contribution in [0.3, 0.4) is 0 Å². The van der Waals surface area contributed by atoms with Crippen LogP contribution in [0.5, 0.6) is 0 Å². The number of nitrogens with zero attached hydrogens (tertiary/aromatic N) is 5. The molecule has 2 aromatic heterocycles. The number of carbonyl (C=O) groups excluding carboxylic acids is 2. The molecule has 4 heterocycles. The Kier molecular flexibility index (Phi) is 8.48. The molecule has 0 radical (unpaired) electrons. The zero-order valence-corrected chi connectivity index (χ0v) is 22.8. The maximum Gasteiger partial charge on any atom is 0.352 e. The van der Waals surface area contributed by atoms with Crippen LogP contribution >= 0.6 is 23.3 Å². The molecule has 1 fully saturated rings. The first-order valence-electron chi connectivity index (χ1n) is 11.4. The summed E-state index contributed by atoms with van der Waals surface area (Å²) in [6.45, 7) is 2.01. The molecule has 2 amide bonds. The molecule has 208 valence electrons. The first-order chi connectivity index (χ1) is 18.5. The zero-order valence-electron chi connectivity index (χ0n) is 20.4. The van der Waals surface area contributed by atoms with Crippen LogP contribution < -0.4 is 15.6 Å². The molecular formula is C21H24N7O8S3+. The quantitative estimate of drug-likeness (QED) is 0.0806. The highest BCUT2D eigenvalue weighted by Gasteiger charge is 2.54. The summed E-state index contributed by atoms with van der Waals surface area (Å²) in [6, 6.07) is 2.32. The third-order valence-corrected chi connectivity index (χ3v) is 8.27. The molecule has 5 N–H and O–H groups in total. The highest BCUT2D eigenvalue weighted by molar-refractivity contribution is 8.00. The summed E-state index contributed by atoms with van der Waals surface area (Å²) < 4.78 is 36.5. The maximum absolute atomic E-state index is 13.0.